The van der Waals surface area contributed by atoms with Crippen LogP contribution in [-0.2, 0) is 4.79 Å². The highest BCUT2D eigenvalue weighted by molar-refractivity contribution is 5.94. The number of amides is 1. The number of hydrogen-bond donors (Lipinski definition) is 2. The zero-order chi connectivity index (χ0) is 14.0. The summed E-state index contributed by atoms with van der Waals surface area (Å²) in [6, 6.07) is 4.62. The number of hydrogen-bond acceptors (Lipinski definition) is 4. The fraction of sp³-hybridized carbons (Fsp3) is 0.462. The second kappa shape index (κ2) is 5.36. The van der Waals surface area contributed by atoms with Crippen LogP contribution in [0, 0.1) is 23.0 Å². The Morgan fingerprint density at radius 2 is 2.26 bits per heavy atom. The van der Waals surface area contributed by atoms with Gasteiger partial charge in [0, 0.05) is 18.2 Å². The predicted octanol–water partition coefficient (Wildman–Crippen LogP) is 1.84. The van der Waals surface area contributed by atoms with Crippen molar-refractivity contribution in [3.05, 3.63) is 33.9 Å². The summed E-state index contributed by atoms with van der Waals surface area (Å²) < 4.78 is 0. The van der Waals surface area contributed by atoms with Crippen LogP contribution in [0.5, 0.6) is 0 Å². The molecule has 2 rings (SSSR count). The number of nitro benzene ring substituents is 1. The third kappa shape index (κ3) is 2.90. The number of aryl methyl sites for hydroxylation is 1. The van der Waals surface area contributed by atoms with E-state index >= 15 is 0 Å². The van der Waals surface area contributed by atoms with Crippen molar-refractivity contribution < 1.29 is 9.72 Å². The summed E-state index contributed by atoms with van der Waals surface area (Å²) in [5, 5.41) is 16.7. The number of nitro groups is 1. The Kier molecular flexibility index (Phi) is 3.80. The zero-order valence-electron chi connectivity index (χ0n) is 11.0. The number of carbonyl (C=O) groups excluding carboxylic acids is 1. The summed E-state index contributed by atoms with van der Waals surface area (Å²) in [7, 11) is 0. The van der Waals surface area contributed by atoms with Crippen LogP contribution in [0.15, 0.2) is 18.2 Å². The van der Waals surface area contributed by atoms with E-state index in [-0.39, 0.29) is 23.6 Å². The van der Waals surface area contributed by atoms with Crippen molar-refractivity contribution in [2.24, 2.45) is 5.92 Å². The maximum Gasteiger partial charge on any atom is 0.271 e. The Hall–Kier alpha value is -1.95. The number of nitrogens with one attached hydrogen (secondary N) is 2. The molecule has 102 valence electrons. The minimum Gasteiger partial charge on any atom is -0.325 e. The van der Waals surface area contributed by atoms with Gasteiger partial charge in [0.25, 0.3) is 5.69 Å². The van der Waals surface area contributed by atoms with Gasteiger partial charge in [0.1, 0.15) is 0 Å². The number of rotatable bonds is 3. The van der Waals surface area contributed by atoms with Gasteiger partial charge in [-0.15, -0.1) is 0 Å². The molecule has 2 N–H and O–H groups in total. The minimum atomic E-state index is -0.463. The second-order valence-electron chi connectivity index (χ2n) is 4.88. The molecule has 2 unspecified atom stereocenters. The van der Waals surface area contributed by atoms with Crippen LogP contribution in [0.3, 0.4) is 0 Å². The standard InChI is InChI=1S/C13H17N3O3/c1-8-3-4-10(16(18)19)7-12(8)15-13(17)11-5-6-14-9(11)2/h3-4,7,9,11,14H,5-6H2,1-2H3,(H,15,17). The van der Waals surface area contributed by atoms with E-state index in [1.54, 1.807) is 6.07 Å². The van der Waals surface area contributed by atoms with E-state index in [1.165, 1.54) is 12.1 Å². The molecule has 0 spiro atoms. The van der Waals surface area contributed by atoms with Crippen LogP contribution in [0.1, 0.15) is 18.9 Å². The molecule has 1 heterocycles. The molecular formula is C13H17N3O3. The fourth-order valence-corrected chi connectivity index (χ4v) is 2.30. The topological polar surface area (TPSA) is 84.3 Å². The monoisotopic (exact) mass is 263 g/mol. The Balaban J connectivity index is 2.16. The zero-order valence-corrected chi connectivity index (χ0v) is 11.0. The van der Waals surface area contributed by atoms with Gasteiger partial charge in [-0.25, -0.2) is 0 Å². The second-order valence-corrected chi connectivity index (χ2v) is 4.88. The van der Waals surface area contributed by atoms with Crippen LogP contribution in [0.4, 0.5) is 11.4 Å². The number of anilines is 1. The highest BCUT2D eigenvalue weighted by atomic mass is 16.6. The van der Waals surface area contributed by atoms with Gasteiger partial charge in [-0.3, -0.25) is 14.9 Å². The summed E-state index contributed by atoms with van der Waals surface area (Å²) in [4.78, 5) is 22.4. The molecule has 1 saturated heterocycles. The van der Waals surface area contributed by atoms with E-state index in [2.05, 4.69) is 10.6 Å². The Bertz CT molecular complexity index is 516. The lowest BCUT2D eigenvalue weighted by Gasteiger charge is -2.16. The Morgan fingerprint density at radius 1 is 1.53 bits per heavy atom. The summed E-state index contributed by atoms with van der Waals surface area (Å²) in [5.41, 5.74) is 1.31. The minimum absolute atomic E-state index is 0.0153. The van der Waals surface area contributed by atoms with E-state index in [0.29, 0.717) is 5.69 Å². The normalized spacial score (nSPS) is 22.2. The first-order valence-corrected chi connectivity index (χ1v) is 6.28. The molecule has 1 fully saturated rings. The molecule has 1 amide bonds. The fourth-order valence-electron chi connectivity index (χ4n) is 2.30. The lowest BCUT2D eigenvalue weighted by atomic mass is 10.0. The molecule has 6 heteroatoms. The molecule has 2 atom stereocenters. The molecule has 0 bridgehead atoms. The molecule has 19 heavy (non-hydrogen) atoms. The van der Waals surface area contributed by atoms with Gasteiger partial charge in [-0.2, -0.15) is 0 Å². The molecule has 1 aliphatic rings. The van der Waals surface area contributed by atoms with E-state index in [0.717, 1.165) is 18.5 Å². The lowest BCUT2D eigenvalue weighted by molar-refractivity contribution is -0.384. The average Bonchev–Trinajstić information content (AvgIpc) is 2.78. The van der Waals surface area contributed by atoms with Gasteiger partial charge in [0.05, 0.1) is 16.5 Å². The highest BCUT2D eigenvalue weighted by Crippen LogP contribution is 2.24. The van der Waals surface area contributed by atoms with Crippen LogP contribution >= 0.6 is 0 Å². The van der Waals surface area contributed by atoms with E-state index in [9.17, 15) is 14.9 Å². The van der Waals surface area contributed by atoms with E-state index < -0.39 is 4.92 Å². The third-order valence-electron chi connectivity index (χ3n) is 3.55. The maximum absolute atomic E-state index is 12.1. The van der Waals surface area contributed by atoms with Crippen LogP contribution in [0.25, 0.3) is 0 Å². The van der Waals surface area contributed by atoms with Gasteiger partial charge in [0.2, 0.25) is 5.91 Å². The van der Waals surface area contributed by atoms with Crippen LogP contribution < -0.4 is 10.6 Å². The van der Waals surface area contributed by atoms with Gasteiger partial charge >= 0.3 is 0 Å². The lowest BCUT2D eigenvalue weighted by Crippen LogP contribution is -2.32. The molecule has 1 aromatic carbocycles. The van der Waals surface area contributed by atoms with Crippen molar-refractivity contribution in [2.75, 3.05) is 11.9 Å². The first-order valence-electron chi connectivity index (χ1n) is 6.28. The molecule has 0 aliphatic carbocycles. The highest BCUT2D eigenvalue weighted by Gasteiger charge is 2.29. The van der Waals surface area contributed by atoms with Crippen LogP contribution in [-0.4, -0.2) is 23.4 Å². The van der Waals surface area contributed by atoms with E-state index in [1.807, 2.05) is 13.8 Å². The van der Waals surface area contributed by atoms with Gasteiger partial charge in [-0.1, -0.05) is 6.07 Å². The van der Waals surface area contributed by atoms with Gasteiger partial charge < -0.3 is 10.6 Å². The summed E-state index contributed by atoms with van der Waals surface area (Å²) in [6.07, 6.45) is 0.793. The molecule has 1 aliphatic heterocycles. The quantitative estimate of drug-likeness (QED) is 0.643. The molecule has 1 aromatic rings. The number of non-ortho nitro benzene ring substituents is 1. The molecular weight excluding hydrogens is 246 g/mol. The van der Waals surface area contributed by atoms with Gasteiger partial charge in [0.15, 0.2) is 0 Å². The SMILES string of the molecule is Cc1ccc([N+](=O)[O-])cc1NC(=O)C1CCNC1C. The van der Waals surface area contributed by atoms with Gasteiger partial charge in [-0.05, 0) is 32.4 Å². The third-order valence-corrected chi connectivity index (χ3v) is 3.55. The van der Waals surface area contributed by atoms with Crippen molar-refractivity contribution in [1.82, 2.24) is 5.32 Å². The maximum atomic E-state index is 12.1. The number of benzene rings is 1. The van der Waals surface area contributed by atoms with E-state index in [4.69, 9.17) is 0 Å². The Labute approximate surface area is 111 Å². The summed E-state index contributed by atoms with van der Waals surface area (Å²) in [6.45, 7) is 4.61. The first-order chi connectivity index (χ1) is 8.99. The molecule has 0 radical (unpaired) electrons. The molecule has 0 aromatic heterocycles. The average molecular weight is 263 g/mol. The molecule has 6 nitrogen and oxygen atoms in total. The van der Waals surface area contributed by atoms with Crippen molar-refractivity contribution in [3.63, 3.8) is 0 Å². The van der Waals surface area contributed by atoms with Crippen molar-refractivity contribution in [2.45, 2.75) is 26.3 Å². The first kappa shape index (κ1) is 13.5. The van der Waals surface area contributed by atoms with Crippen molar-refractivity contribution in [1.29, 1.82) is 0 Å². The summed E-state index contributed by atoms with van der Waals surface area (Å²) >= 11 is 0. The number of carbonyl (C=O) groups is 1. The summed E-state index contributed by atoms with van der Waals surface area (Å²) in [5.74, 6) is -0.167. The van der Waals surface area contributed by atoms with Crippen LogP contribution in [0.2, 0.25) is 0 Å². The largest absolute Gasteiger partial charge is 0.325 e. The smallest absolute Gasteiger partial charge is 0.271 e. The Morgan fingerprint density at radius 3 is 2.84 bits per heavy atom. The van der Waals surface area contributed by atoms with Crippen molar-refractivity contribution >= 4 is 17.3 Å². The number of nitrogens with zero attached hydrogens (tertiary/aromatic N) is 1. The molecule has 0 saturated carbocycles. The van der Waals surface area contributed by atoms with Crippen molar-refractivity contribution in [3.8, 4) is 0 Å². The predicted molar refractivity (Wildman–Crippen MR) is 72.0 cm³/mol.